The van der Waals surface area contributed by atoms with Crippen LogP contribution in [-0.2, 0) is 11.3 Å². The molecule has 0 aliphatic heterocycles. The first-order valence-electron chi connectivity index (χ1n) is 9.84. The zero-order chi connectivity index (χ0) is 21.8. The number of hydrogen-bond donors (Lipinski definition) is 0. The van der Waals surface area contributed by atoms with Gasteiger partial charge in [-0.05, 0) is 72.0 Å². The maximum atomic E-state index is 13.3. The molecule has 0 aliphatic carbocycles. The van der Waals surface area contributed by atoms with E-state index in [1.807, 2.05) is 85.8 Å². The van der Waals surface area contributed by atoms with Crippen LogP contribution in [0.5, 0.6) is 0 Å². The Hall–Kier alpha value is -2.65. The maximum Gasteiger partial charge on any atom is 0.262 e. The average molecular weight is 541 g/mol. The molecule has 31 heavy (non-hydrogen) atoms. The number of fused-ring (bicyclic) bond motifs is 1. The van der Waals surface area contributed by atoms with Crippen molar-refractivity contribution >= 4 is 62.5 Å². The highest BCUT2D eigenvalue weighted by Crippen LogP contribution is 2.27. The number of aromatic nitrogens is 2. The topological polar surface area (TPSA) is 55.2 Å². The van der Waals surface area contributed by atoms with Crippen molar-refractivity contribution in [3.8, 4) is 0 Å². The average Bonchev–Trinajstić information content (AvgIpc) is 2.80. The highest BCUT2D eigenvalue weighted by molar-refractivity contribution is 14.1. The Morgan fingerprint density at radius 1 is 1.00 bits per heavy atom. The SMILES string of the molecule is CCn1c(SCC(=O)N(c2ccccc2)c2ccccc2)nc2ccc(I)cc2c1=O. The van der Waals surface area contributed by atoms with E-state index < -0.39 is 0 Å². The first kappa shape index (κ1) is 21.6. The maximum absolute atomic E-state index is 13.3. The third kappa shape index (κ3) is 4.67. The Morgan fingerprint density at radius 2 is 1.61 bits per heavy atom. The van der Waals surface area contributed by atoms with Gasteiger partial charge in [0.15, 0.2) is 5.16 Å². The molecule has 0 radical (unpaired) electrons. The number of nitrogens with zero attached hydrogens (tertiary/aromatic N) is 3. The first-order chi connectivity index (χ1) is 15.1. The van der Waals surface area contributed by atoms with Crippen molar-refractivity contribution in [1.82, 2.24) is 9.55 Å². The van der Waals surface area contributed by atoms with Crippen molar-refractivity contribution in [2.75, 3.05) is 10.7 Å². The second-order valence-corrected chi connectivity index (χ2v) is 8.98. The molecular weight excluding hydrogens is 521 g/mol. The summed E-state index contributed by atoms with van der Waals surface area (Å²) in [5.41, 5.74) is 2.17. The van der Waals surface area contributed by atoms with Gasteiger partial charge in [-0.15, -0.1) is 0 Å². The minimum absolute atomic E-state index is 0.0797. The molecule has 0 atom stereocenters. The smallest absolute Gasteiger partial charge is 0.262 e. The molecule has 0 spiro atoms. The monoisotopic (exact) mass is 541 g/mol. The predicted octanol–water partition coefficient (Wildman–Crippen LogP) is 5.48. The second-order valence-electron chi connectivity index (χ2n) is 6.79. The van der Waals surface area contributed by atoms with E-state index in [4.69, 9.17) is 0 Å². The third-order valence-electron chi connectivity index (χ3n) is 4.80. The molecule has 1 amide bonds. The van der Waals surface area contributed by atoms with Gasteiger partial charge in [0.25, 0.3) is 5.56 Å². The number of thioether (sulfide) groups is 1. The van der Waals surface area contributed by atoms with E-state index in [-0.39, 0.29) is 17.2 Å². The fraction of sp³-hybridized carbons (Fsp3) is 0.125. The molecule has 3 aromatic carbocycles. The number of hydrogen-bond acceptors (Lipinski definition) is 4. The molecular formula is C24H20IN3O2S. The highest BCUT2D eigenvalue weighted by Gasteiger charge is 2.19. The predicted molar refractivity (Wildman–Crippen MR) is 135 cm³/mol. The van der Waals surface area contributed by atoms with Crippen LogP contribution in [0.15, 0.2) is 88.8 Å². The first-order valence-corrected chi connectivity index (χ1v) is 11.9. The van der Waals surface area contributed by atoms with E-state index in [1.54, 1.807) is 9.47 Å². The van der Waals surface area contributed by atoms with E-state index >= 15 is 0 Å². The summed E-state index contributed by atoms with van der Waals surface area (Å²) in [5.74, 6) is 0.0774. The van der Waals surface area contributed by atoms with E-state index in [2.05, 4.69) is 27.6 Å². The molecule has 0 fully saturated rings. The lowest BCUT2D eigenvalue weighted by atomic mass is 10.2. The Bertz CT molecular complexity index is 1240. The largest absolute Gasteiger partial charge is 0.287 e. The van der Waals surface area contributed by atoms with Crippen molar-refractivity contribution in [1.29, 1.82) is 0 Å². The number of carbonyl (C=O) groups excluding carboxylic acids is 1. The number of benzene rings is 3. The van der Waals surface area contributed by atoms with Crippen LogP contribution in [0.3, 0.4) is 0 Å². The molecule has 1 aromatic heterocycles. The summed E-state index contributed by atoms with van der Waals surface area (Å²) in [4.78, 5) is 32.6. The number of carbonyl (C=O) groups is 1. The number of para-hydroxylation sites is 2. The lowest BCUT2D eigenvalue weighted by Gasteiger charge is -2.23. The minimum atomic E-state index is -0.0815. The Balaban J connectivity index is 1.66. The van der Waals surface area contributed by atoms with Crippen LogP contribution in [0.2, 0.25) is 0 Å². The second kappa shape index (κ2) is 9.65. The van der Waals surface area contributed by atoms with Crippen LogP contribution in [0.25, 0.3) is 10.9 Å². The fourth-order valence-corrected chi connectivity index (χ4v) is 4.75. The molecule has 7 heteroatoms. The number of amides is 1. The van der Waals surface area contributed by atoms with Gasteiger partial charge in [0, 0.05) is 21.5 Å². The molecule has 4 rings (SSSR count). The van der Waals surface area contributed by atoms with Crippen molar-refractivity contribution < 1.29 is 4.79 Å². The van der Waals surface area contributed by atoms with Crippen LogP contribution in [0.1, 0.15) is 6.92 Å². The van der Waals surface area contributed by atoms with Gasteiger partial charge >= 0.3 is 0 Å². The van der Waals surface area contributed by atoms with E-state index in [1.165, 1.54) is 11.8 Å². The van der Waals surface area contributed by atoms with Crippen LogP contribution in [0.4, 0.5) is 11.4 Å². The zero-order valence-corrected chi connectivity index (χ0v) is 19.8. The molecule has 0 N–H and O–H groups in total. The molecule has 0 saturated heterocycles. The lowest BCUT2D eigenvalue weighted by molar-refractivity contribution is -0.115. The summed E-state index contributed by atoms with van der Waals surface area (Å²) >= 11 is 3.48. The summed E-state index contributed by atoms with van der Waals surface area (Å²) in [5, 5.41) is 1.15. The van der Waals surface area contributed by atoms with Crippen molar-refractivity contribution in [3.63, 3.8) is 0 Å². The lowest BCUT2D eigenvalue weighted by Crippen LogP contribution is -2.28. The van der Waals surface area contributed by atoms with E-state index in [9.17, 15) is 9.59 Å². The summed E-state index contributed by atoms with van der Waals surface area (Å²) in [6, 6.07) is 24.8. The summed E-state index contributed by atoms with van der Waals surface area (Å²) < 4.78 is 2.62. The number of halogens is 1. The highest BCUT2D eigenvalue weighted by atomic mass is 127. The Morgan fingerprint density at radius 3 is 2.19 bits per heavy atom. The van der Waals surface area contributed by atoms with E-state index in [0.29, 0.717) is 22.6 Å². The fourth-order valence-electron chi connectivity index (χ4n) is 3.34. The molecule has 1 heterocycles. The molecule has 0 saturated carbocycles. The summed E-state index contributed by atoms with van der Waals surface area (Å²) in [6.07, 6.45) is 0. The minimum Gasteiger partial charge on any atom is -0.287 e. The molecule has 0 aliphatic rings. The van der Waals surface area contributed by atoms with Gasteiger partial charge in [-0.25, -0.2) is 4.98 Å². The van der Waals surface area contributed by atoms with Crippen molar-refractivity contribution in [2.24, 2.45) is 0 Å². The molecule has 5 nitrogen and oxygen atoms in total. The van der Waals surface area contributed by atoms with Crippen LogP contribution >= 0.6 is 34.4 Å². The third-order valence-corrected chi connectivity index (χ3v) is 6.43. The van der Waals surface area contributed by atoms with Crippen LogP contribution in [-0.4, -0.2) is 21.2 Å². The van der Waals surface area contributed by atoms with Gasteiger partial charge in [-0.1, -0.05) is 48.2 Å². The van der Waals surface area contributed by atoms with Crippen molar-refractivity contribution in [3.05, 3.63) is 92.8 Å². The molecule has 0 unspecified atom stereocenters. The quantitative estimate of drug-likeness (QED) is 0.184. The van der Waals surface area contributed by atoms with Gasteiger partial charge in [0.1, 0.15) is 0 Å². The Kier molecular flexibility index (Phi) is 6.72. The van der Waals surface area contributed by atoms with Gasteiger partial charge < -0.3 is 0 Å². The van der Waals surface area contributed by atoms with Gasteiger partial charge in [0.2, 0.25) is 5.91 Å². The molecule has 4 aromatic rings. The zero-order valence-electron chi connectivity index (χ0n) is 16.9. The van der Waals surface area contributed by atoms with Gasteiger partial charge in [-0.3, -0.25) is 19.1 Å². The van der Waals surface area contributed by atoms with Gasteiger partial charge in [-0.2, -0.15) is 0 Å². The summed E-state index contributed by atoms with van der Waals surface area (Å²) in [7, 11) is 0. The Labute approximate surface area is 198 Å². The van der Waals surface area contributed by atoms with Gasteiger partial charge in [0.05, 0.1) is 16.7 Å². The molecule has 156 valence electrons. The number of anilines is 2. The van der Waals surface area contributed by atoms with Crippen LogP contribution in [0, 0.1) is 3.57 Å². The van der Waals surface area contributed by atoms with E-state index in [0.717, 1.165) is 14.9 Å². The normalized spacial score (nSPS) is 10.9. The number of rotatable bonds is 6. The summed E-state index contributed by atoms with van der Waals surface area (Å²) in [6.45, 7) is 2.40. The molecule has 0 bridgehead atoms. The van der Waals surface area contributed by atoms with Crippen LogP contribution < -0.4 is 10.5 Å². The standard InChI is InChI=1S/C24H20IN3O2S/c1-2-27-23(30)20-15-17(25)13-14-21(20)26-24(27)31-16-22(29)28(18-9-5-3-6-10-18)19-11-7-4-8-12-19/h3-15H,2,16H2,1H3. The van der Waals surface area contributed by atoms with Crippen molar-refractivity contribution in [2.45, 2.75) is 18.6 Å².